The highest BCUT2D eigenvalue weighted by Gasteiger charge is 2.38. The van der Waals surface area contributed by atoms with Crippen LogP contribution in [0, 0.1) is 6.92 Å². The third-order valence-corrected chi connectivity index (χ3v) is 4.42. The number of carbonyl (C=O) groups is 1. The van der Waals surface area contributed by atoms with Crippen LogP contribution in [0.25, 0.3) is 11.5 Å². The van der Waals surface area contributed by atoms with Crippen LogP contribution in [0.1, 0.15) is 32.3 Å². The van der Waals surface area contributed by atoms with Crippen molar-refractivity contribution in [2.45, 2.75) is 45.3 Å². The van der Waals surface area contributed by atoms with Crippen LogP contribution in [0.4, 0.5) is 10.5 Å². The fourth-order valence-electron chi connectivity index (χ4n) is 3.12. The summed E-state index contributed by atoms with van der Waals surface area (Å²) in [6.45, 7) is 6.04. The molecule has 1 aromatic carbocycles. The molecule has 1 aliphatic rings. The first-order valence-corrected chi connectivity index (χ1v) is 8.03. The van der Waals surface area contributed by atoms with E-state index in [0.29, 0.717) is 18.1 Å². The topological polar surface area (TPSA) is 91.5 Å². The van der Waals surface area contributed by atoms with E-state index in [1.165, 1.54) is 6.39 Å². The van der Waals surface area contributed by atoms with E-state index in [1.54, 1.807) is 18.7 Å². The first kappa shape index (κ1) is 16.4. The van der Waals surface area contributed by atoms with E-state index in [0.717, 1.165) is 24.0 Å². The standard InChI is InChI=1S/C17H22N4O3/c1-11-6-7-12(15-20-18-10-24-15)9-13(11)19-16(22)21-8-4-5-14(21)17(2,3)23/h6-7,9-10,14,23H,4-5,8H2,1-3H3,(H,19,22). The summed E-state index contributed by atoms with van der Waals surface area (Å²) in [5.74, 6) is 0.404. The first-order chi connectivity index (χ1) is 11.4. The first-order valence-electron chi connectivity index (χ1n) is 8.03. The number of aromatic nitrogens is 2. The summed E-state index contributed by atoms with van der Waals surface area (Å²) in [5.41, 5.74) is 1.45. The number of carbonyl (C=O) groups excluding carboxylic acids is 1. The van der Waals surface area contributed by atoms with E-state index in [4.69, 9.17) is 4.42 Å². The van der Waals surface area contributed by atoms with Crippen molar-refractivity contribution in [2.75, 3.05) is 11.9 Å². The Morgan fingerprint density at radius 2 is 2.25 bits per heavy atom. The van der Waals surface area contributed by atoms with E-state index >= 15 is 0 Å². The van der Waals surface area contributed by atoms with Crippen molar-refractivity contribution in [3.05, 3.63) is 30.2 Å². The van der Waals surface area contributed by atoms with Gasteiger partial charge in [0.1, 0.15) is 0 Å². The third kappa shape index (κ3) is 3.26. The van der Waals surface area contributed by atoms with Gasteiger partial charge >= 0.3 is 6.03 Å². The number of anilines is 1. The van der Waals surface area contributed by atoms with Crippen LogP contribution in [0.15, 0.2) is 29.0 Å². The van der Waals surface area contributed by atoms with E-state index in [9.17, 15) is 9.90 Å². The normalized spacial score (nSPS) is 18.0. The van der Waals surface area contributed by atoms with E-state index in [-0.39, 0.29) is 12.1 Å². The molecule has 0 aliphatic carbocycles. The van der Waals surface area contributed by atoms with Crippen LogP contribution in [0.3, 0.4) is 0 Å². The van der Waals surface area contributed by atoms with Crippen molar-refractivity contribution in [2.24, 2.45) is 0 Å². The summed E-state index contributed by atoms with van der Waals surface area (Å²) >= 11 is 0. The molecule has 1 saturated heterocycles. The summed E-state index contributed by atoms with van der Waals surface area (Å²) in [7, 11) is 0. The molecule has 0 bridgehead atoms. The molecule has 7 heteroatoms. The Hall–Kier alpha value is -2.41. The van der Waals surface area contributed by atoms with E-state index in [2.05, 4.69) is 15.5 Å². The molecule has 1 fully saturated rings. The molecule has 1 atom stereocenters. The van der Waals surface area contributed by atoms with Gasteiger partial charge in [-0.1, -0.05) is 6.07 Å². The third-order valence-electron chi connectivity index (χ3n) is 4.42. The predicted molar refractivity (Wildman–Crippen MR) is 89.5 cm³/mol. The Kier molecular flexibility index (Phi) is 4.28. The molecular weight excluding hydrogens is 308 g/mol. The Balaban J connectivity index is 1.80. The molecule has 1 aliphatic heterocycles. The quantitative estimate of drug-likeness (QED) is 0.903. The Morgan fingerprint density at radius 1 is 1.46 bits per heavy atom. The van der Waals surface area contributed by atoms with Crippen LogP contribution < -0.4 is 5.32 Å². The molecule has 24 heavy (non-hydrogen) atoms. The van der Waals surface area contributed by atoms with Crippen LogP contribution >= 0.6 is 0 Å². The zero-order chi connectivity index (χ0) is 17.3. The van der Waals surface area contributed by atoms with E-state index < -0.39 is 5.60 Å². The second kappa shape index (κ2) is 6.24. The van der Waals surface area contributed by atoms with Crippen molar-refractivity contribution in [3.63, 3.8) is 0 Å². The minimum Gasteiger partial charge on any atom is -0.423 e. The molecule has 0 spiro atoms. The average Bonchev–Trinajstić information content (AvgIpc) is 3.20. The van der Waals surface area contributed by atoms with Gasteiger partial charge in [-0.15, -0.1) is 10.2 Å². The van der Waals surface area contributed by atoms with Crippen molar-refractivity contribution < 1.29 is 14.3 Å². The Labute approximate surface area is 140 Å². The lowest BCUT2D eigenvalue weighted by Crippen LogP contribution is -2.49. The fraction of sp³-hybridized carbons (Fsp3) is 0.471. The lowest BCUT2D eigenvalue weighted by atomic mass is 9.97. The molecular formula is C17H22N4O3. The number of rotatable bonds is 3. The molecule has 7 nitrogen and oxygen atoms in total. The molecule has 1 unspecified atom stereocenters. The van der Waals surface area contributed by atoms with Crippen LogP contribution in [-0.4, -0.2) is 44.4 Å². The number of nitrogens with zero attached hydrogens (tertiary/aromatic N) is 3. The molecule has 3 rings (SSSR count). The summed E-state index contributed by atoms with van der Waals surface area (Å²) in [5, 5.41) is 20.8. The number of hydrogen-bond acceptors (Lipinski definition) is 5. The number of amides is 2. The van der Waals surface area contributed by atoms with Gasteiger partial charge in [0, 0.05) is 17.8 Å². The van der Waals surface area contributed by atoms with Gasteiger partial charge in [-0.05, 0) is 51.3 Å². The monoisotopic (exact) mass is 330 g/mol. The van der Waals surface area contributed by atoms with Crippen molar-refractivity contribution in [1.82, 2.24) is 15.1 Å². The maximum atomic E-state index is 12.7. The van der Waals surface area contributed by atoms with Gasteiger partial charge in [0.25, 0.3) is 0 Å². The number of urea groups is 1. The van der Waals surface area contributed by atoms with Gasteiger partial charge in [-0.25, -0.2) is 4.79 Å². The number of hydrogen-bond donors (Lipinski definition) is 2. The highest BCUT2D eigenvalue weighted by atomic mass is 16.4. The zero-order valence-electron chi connectivity index (χ0n) is 14.1. The maximum Gasteiger partial charge on any atom is 0.322 e. The molecule has 2 amide bonds. The highest BCUT2D eigenvalue weighted by Crippen LogP contribution is 2.29. The second-order valence-corrected chi connectivity index (χ2v) is 6.71. The molecule has 0 saturated carbocycles. The van der Waals surface area contributed by atoms with Crippen LogP contribution in [-0.2, 0) is 0 Å². The van der Waals surface area contributed by atoms with Gasteiger partial charge < -0.3 is 19.7 Å². The largest absolute Gasteiger partial charge is 0.423 e. The Morgan fingerprint density at radius 3 is 2.92 bits per heavy atom. The summed E-state index contributed by atoms with van der Waals surface area (Å²) in [4.78, 5) is 14.4. The average molecular weight is 330 g/mol. The highest BCUT2D eigenvalue weighted by molar-refractivity contribution is 5.91. The lowest BCUT2D eigenvalue weighted by molar-refractivity contribution is 0.0117. The smallest absolute Gasteiger partial charge is 0.322 e. The van der Waals surface area contributed by atoms with E-state index in [1.807, 2.05) is 25.1 Å². The van der Waals surface area contributed by atoms with Crippen molar-refractivity contribution >= 4 is 11.7 Å². The van der Waals surface area contributed by atoms with Crippen molar-refractivity contribution in [3.8, 4) is 11.5 Å². The summed E-state index contributed by atoms with van der Waals surface area (Å²) in [6.07, 6.45) is 2.96. The van der Waals surface area contributed by atoms with Crippen LogP contribution in [0.2, 0.25) is 0 Å². The summed E-state index contributed by atoms with van der Waals surface area (Å²) in [6, 6.07) is 5.19. The van der Waals surface area contributed by atoms with Gasteiger partial charge in [0.05, 0.1) is 11.6 Å². The second-order valence-electron chi connectivity index (χ2n) is 6.71. The summed E-state index contributed by atoms with van der Waals surface area (Å²) < 4.78 is 5.20. The number of nitrogens with one attached hydrogen (secondary N) is 1. The minimum atomic E-state index is -0.922. The lowest BCUT2D eigenvalue weighted by Gasteiger charge is -2.33. The van der Waals surface area contributed by atoms with Gasteiger partial charge in [-0.3, -0.25) is 0 Å². The zero-order valence-corrected chi connectivity index (χ0v) is 14.1. The number of benzene rings is 1. The molecule has 128 valence electrons. The van der Waals surface area contributed by atoms with Crippen molar-refractivity contribution in [1.29, 1.82) is 0 Å². The molecule has 1 aromatic heterocycles. The van der Waals surface area contributed by atoms with Crippen LogP contribution in [0.5, 0.6) is 0 Å². The predicted octanol–water partition coefficient (Wildman–Crippen LogP) is 2.81. The van der Waals surface area contributed by atoms with Gasteiger partial charge in [-0.2, -0.15) is 0 Å². The Bertz CT molecular complexity index is 722. The number of likely N-dealkylation sites (tertiary alicyclic amines) is 1. The maximum absolute atomic E-state index is 12.7. The molecule has 0 radical (unpaired) electrons. The SMILES string of the molecule is Cc1ccc(-c2nnco2)cc1NC(=O)N1CCCC1C(C)(C)O. The minimum absolute atomic E-state index is 0.183. The van der Waals surface area contributed by atoms with Gasteiger partial charge in [0.2, 0.25) is 12.3 Å². The fourth-order valence-corrected chi connectivity index (χ4v) is 3.12. The molecule has 2 aromatic rings. The molecule has 2 N–H and O–H groups in total. The van der Waals surface area contributed by atoms with Gasteiger partial charge in [0.15, 0.2) is 0 Å². The molecule has 2 heterocycles. The number of aliphatic hydroxyl groups is 1. The number of aryl methyl sites for hydroxylation is 1.